The van der Waals surface area contributed by atoms with E-state index >= 15 is 0 Å². The van der Waals surface area contributed by atoms with Crippen LogP contribution in [0.25, 0.3) is 10.8 Å². The largest absolute Gasteiger partial charge is 0.452 e. The van der Waals surface area contributed by atoms with Crippen LogP contribution < -0.4 is 0 Å². The minimum atomic E-state index is -0.703. The predicted molar refractivity (Wildman–Crippen MR) is 129 cm³/mol. The maximum atomic E-state index is 13.1. The van der Waals surface area contributed by atoms with Crippen LogP contribution in [0, 0.1) is 0 Å². The fourth-order valence-electron chi connectivity index (χ4n) is 6.19. The molecule has 0 aromatic heterocycles. The molecule has 3 aliphatic rings. The van der Waals surface area contributed by atoms with E-state index in [1.165, 1.54) is 21.9 Å². The Labute approximate surface area is 202 Å². The van der Waals surface area contributed by atoms with Crippen LogP contribution in [0.15, 0.2) is 97.1 Å². The molecule has 1 aliphatic carbocycles. The first-order valence-electron chi connectivity index (χ1n) is 11.9. The van der Waals surface area contributed by atoms with Crippen molar-refractivity contribution in [1.82, 2.24) is 0 Å². The van der Waals surface area contributed by atoms with Crippen molar-refractivity contribution < 1.29 is 23.8 Å². The molecule has 6 atom stereocenters. The average molecular weight is 463 g/mol. The second kappa shape index (κ2) is 7.79. The van der Waals surface area contributed by atoms with Crippen LogP contribution in [0.5, 0.6) is 0 Å². The number of fused-ring (bicyclic) bond motifs is 7. The Hall–Kier alpha value is -3.96. The summed E-state index contributed by atoms with van der Waals surface area (Å²) in [5, 5.41) is 2.43. The lowest BCUT2D eigenvalue weighted by Crippen LogP contribution is -2.48. The molecule has 7 rings (SSSR count). The van der Waals surface area contributed by atoms with E-state index in [1.54, 1.807) is 48.5 Å². The summed E-state index contributed by atoms with van der Waals surface area (Å²) in [6.45, 7) is 0. The molecule has 0 spiro atoms. The first-order chi connectivity index (χ1) is 17.2. The summed E-state index contributed by atoms with van der Waals surface area (Å²) in [6.07, 6.45) is -2.20. The van der Waals surface area contributed by atoms with E-state index in [4.69, 9.17) is 14.2 Å². The third kappa shape index (κ3) is 3.05. The molecule has 35 heavy (non-hydrogen) atoms. The first-order valence-corrected chi connectivity index (χ1v) is 11.9. The van der Waals surface area contributed by atoms with Crippen molar-refractivity contribution in [3.8, 4) is 0 Å². The lowest BCUT2D eigenvalue weighted by molar-refractivity contribution is -0.0445. The molecule has 5 heteroatoms. The van der Waals surface area contributed by atoms with Gasteiger partial charge in [-0.05, 0) is 46.2 Å². The van der Waals surface area contributed by atoms with Crippen LogP contribution in [0.2, 0.25) is 0 Å². The molecule has 0 amide bonds. The number of benzene rings is 4. The zero-order valence-corrected chi connectivity index (χ0v) is 18.7. The Bertz CT molecular complexity index is 1340. The summed E-state index contributed by atoms with van der Waals surface area (Å²) in [6, 6.07) is 30.4. The molecule has 2 bridgehead atoms. The van der Waals surface area contributed by atoms with Crippen molar-refractivity contribution in [2.24, 2.45) is 0 Å². The van der Waals surface area contributed by atoms with Gasteiger partial charge in [0.05, 0.1) is 11.1 Å². The highest BCUT2D eigenvalue weighted by Gasteiger charge is 2.65. The van der Waals surface area contributed by atoms with Crippen molar-refractivity contribution in [2.45, 2.75) is 36.3 Å². The van der Waals surface area contributed by atoms with Crippen LogP contribution in [-0.4, -0.2) is 36.4 Å². The van der Waals surface area contributed by atoms with Crippen molar-refractivity contribution in [3.05, 3.63) is 119 Å². The molecule has 0 radical (unpaired) electrons. The second-order valence-electron chi connectivity index (χ2n) is 9.38. The van der Waals surface area contributed by atoms with Gasteiger partial charge in [-0.2, -0.15) is 0 Å². The van der Waals surface area contributed by atoms with Gasteiger partial charge in [-0.25, -0.2) is 9.59 Å². The smallest absolute Gasteiger partial charge is 0.338 e. The number of carbonyl (C=O) groups excluding carboxylic acids is 2. The van der Waals surface area contributed by atoms with E-state index in [9.17, 15) is 9.59 Å². The Morgan fingerprint density at radius 3 is 1.49 bits per heavy atom. The van der Waals surface area contributed by atoms with Gasteiger partial charge in [-0.15, -0.1) is 0 Å². The molecule has 0 N–H and O–H groups in total. The van der Waals surface area contributed by atoms with Gasteiger partial charge >= 0.3 is 11.9 Å². The highest BCUT2D eigenvalue weighted by Crippen LogP contribution is 2.61. The molecule has 2 fully saturated rings. The minimum Gasteiger partial charge on any atom is -0.452 e. The number of ether oxygens (including phenoxy) is 3. The highest BCUT2D eigenvalue weighted by atomic mass is 16.6. The maximum Gasteiger partial charge on any atom is 0.338 e. The third-order valence-electron chi connectivity index (χ3n) is 7.57. The number of carbonyl (C=O) groups is 2. The molecule has 4 aromatic carbocycles. The summed E-state index contributed by atoms with van der Waals surface area (Å²) in [7, 11) is 0. The fourth-order valence-corrected chi connectivity index (χ4v) is 6.19. The summed E-state index contributed by atoms with van der Waals surface area (Å²) < 4.78 is 18.6. The topological polar surface area (TPSA) is 61.8 Å². The summed E-state index contributed by atoms with van der Waals surface area (Å²) >= 11 is 0. The first kappa shape index (κ1) is 20.4. The van der Waals surface area contributed by atoms with Gasteiger partial charge < -0.3 is 14.2 Å². The quantitative estimate of drug-likeness (QED) is 0.388. The molecule has 0 saturated carbocycles. The lowest BCUT2D eigenvalue weighted by Gasteiger charge is -2.34. The van der Waals surface area contributed by atoms with Crippen molar-refractivity contribution >= 4 is 22.7 Å². The van der Waals surface area contributed by atoms with Crippen LogP contribution in [0.4, 0.5) is 0 Å². The molecule has 5 nitrogen and oxygen atoms in total. The highest BCUT2D eigenvalue weighted by molar-refractivity contribution is 5.94. The second-order valence-corrected chi connectivity index (χ2v) is 9.38. The van der Waals surface area contributed by atoms with E-state index in [1.807, 2.05) is 12.1 Å². The van der Waals surface area contributed by atoms with Gasteiger partial charge in [0.1, 0.15) is 12.2 Å². The maximum absolute atomic E-state index is 13.1. The monoisotopic (exact) mass is 462 g/mol. The Morgan fingerprint density at radius 1 is 0.571 bits per heavy atom. The van der Waals surface area contributed by atoms with Crippen LogP contribution >= 0.6 is 0 Å². The van der Waals surface area contributed by atoms with Crippen LogP contribution in [0.3, 0.4) is 0 Å². The Balaban J connectivity index is 1.28. The van der Waals surface area contributed by atoms with Gasteiger partial charge in [0.2, 0.25) is 0 Å². The van der Waals surface area contributed by atoms with E-state index in [-0.39, 0.29) is 11.8 Å². The van der Waals surface area contributed by atoms with Gasteiger partial charge in [-0.1, -0.05) is 72.8 Å². The standard InChI is InChI=1S/C30H22O5/c31-29(18-9-3-1-4-10-18)34-27-25-23-20-15-7-13-17-14-8-16-21(22(17)20)24(23)26(33-25)28(27)35-30(32)19-11-5-2-6-12-19/h1-16,23-28H. The number of esters is 2. The number of hydrogen-bond acceptors (Lipinski definition) is 5. The number of rotatable bonds is 4. The van der Waals surface area contributed by atoms with Crippen molar-refractivity contribution in [3.63, 3.8) is 0 Å². The van der Waals surface area contributed by atoms with E-state index < -0.39 is 36.4 Å². The molecule has 2 saturated heterocycles. The van der Waals surface area contributed by atoms with Gasteiger partial charge in [0.15, 0.2) is 12.2 Å². The molecule has 6 unspecified atom stereocenters. The summed E-state index contributed by atoms with van der Waals surface area (Å²) in [5.74, 6) is -0.807. The van der Waals surface area contributed by atoms with E-state index in [2.05, 4.69) is 36.4 Å². The van der Waals surface area contributed by atoms with Crippen molar-refractivity contribution in [1.29, 1.82) is 0 Å². The Morgan fingerprint density at radius 2 is 1.03 bits per heavy atom. The fraction of sp³-hybridized carbons (Fsp3) is 0.200. The van der Waals surface area contributed by atoms with Crippen molar-refractivity contribution in [2.75, 3.05) is 0 Å². The van der Waals surface area contributed by atoms with Crippen LogP contribution in [0.1, 0.15) is 43.7 Å². The molecule has 2 aliphatic heterocycles. The molecular weight excluding hydrogens is 440 g/mol. The molecule has 172 valence electrons. The average Bonchev–Trinajstić information content (AvgIpc) is 3.56. The zero-order chi connectivity index (χ0) is 23.5. The lowest BCUT2D eigenvalue weighted by atomic mass is 9.75. The predicted octanol–water partition coefficient (Wildman–Crippen LogP) is 5.25. The van der Waals surface area contributed by atoms with Gasteiger partial charge in [0, 0.05) is 11.8 Å². The van der Waals surface area contributed by atoms with E-state index in [0.29, 0.717) is 11.1 Å². The molecular formula is C30H22O5. The summed E-state index contributed by atoms with van der Waals surface area (Å²) in [5.41, 5.74) is 3.34. The molecule has 2 heterocycles. The molecule has 4 aromatic rings. The van der Waals surface area contributed by atoms with Gasteiger partial charge in [0.25, 0.3) is 0 Å². The van der Waals surface area contributed by atoms with Crippen LogP contribution in [-0.2, 0) is 14.2 Å². The SMILES string of the molecule is O=C(OC1C(OC(=O)c2ccccc2)C2OC1C1c3cccc4cccc(c34)C21)c1ccccc1. The van der Waals surface area contributed by atoms with E-state index in [0.717, 1.165) is 0 Å². The minimum absolute atomic E-state index is 0.0429. The zero-order valence-electron chi connectivity index (χ0n) is 18.7. The Kier molecular flexibility index (Phi) is 4.54. The third-order valence-corrected chi connectivity index (χ3v) is 7.57. The number of hydrogen-bond donors (Lipinski definition) is 0. The summed E-state index contributed by atoms with van der Waals surface area (Å²) in [4.78, 5) is 26.1. The van der Waals surface area contributed by atoms with Gasteiger partial charge in [-0.3, -0.25) is 0 Å². The normalized spacial score (nSPS) is 27.5.